The molecule has 0 aliphatic heterocycles. The number of nitrogens with two attached hydrogens (primary N) is 1. The summed E-state index contributed by atoms with van der Waals surface area (Å²) in [5, 5.41) is 1.02. The summed E-state index contributed by atoms with van der Waals surface area (Å²) in [5.74, 6) is -0.0119. The highest BCUT2D eigenvalue weighted by Gasteiger charge is 2.14. The molecule has 37 heavy (non-hydrogen) atoms. The highest BCUT2D eigenvalue weighted by atomic mass is 79.9. The van der Waals surface area contributed by atoms with Gasteiger partial charge in [0.15, 0.2) is 19.7 Å². The van der Waals surface area contributed by atoms with Gasteiger partial charge in [0.2, 0.25) is 0 Å². The fraction of sp³-hybridized carbons (Fsp3) is 0.320. The predicted molar refractivity (Wildman–Crippen MR) is 161 cm³/mol. The second kappa shape index (κ2) is 14.8. The van der Waals surface area contributed by atoms with E-state index in [4.69, 9.17) is 5.73 Å². The van der Waals surface area contributed by atoms with Crippen molar-refractivity contribution in [2.45, 2.75) is 49.7 Å². The van der Waals surface area contributed by atoms with Gasteiger partial charge in [-0.3, -0.25) is 4.79 Å². The minimum Gasteiger partial charge on any atom is -0.394 e. The van der Waals surface area contributed by atoms with Crippen LogP contribution in [-0.4, -0.2) is 45.1 Å². The van der Waals surface area contributed by atoms with Crippen LogP contribution >= 0.6 is 39.5 Å². The van der Waals surface area contributed by atoms with Gasteiger partial charge in [0.1, 0.15) is 5.78 Å². The van der Waals surface area contributed by atoms with Crippen LogP contribution in [0.2, 0.25) is 0 Å². The van der Waals surface area contributed by atoms with Crippen molar-refractivity contribution in [2.24, 2.45) is 5.73 Å². The van der Waals surface area contributed by atoms with Crippen LogP contribution < -0.4 is 5.73 Å². The van der Waals surface area contributed by atoms with E-state index in [1.54, 1.807) is 42.5 Å². The van der Waals surface area contributed by atoms with E-state index >= 15 is 0 Å². The first-order valence-electron chi connectivity index (χ1n) is 10.4. The molecule has 3 aromatic rings. The van der Waals surface area contributed by atoms with Crippen LogP contribution in [0.3, 0.4) is 0 Å². The molecular weight excluding hydrogens is 616 g/mol. The van der Waals surface area contributed by atoms with Crippen LogP contribution in [-0.2, 0) is 24.5 Å². The molecule has 12 heteroatoms. The number of thiazole rings is 1. The largest absolute Gasteiger partial charge is 0.394 e. The number of carbonyl (C=O) groups is 1. The molecule has 0 aliphatic rings. The first kappa shape index (κ1) is 35.0. The molecule has 1 unspecified atom stereocenters. The van der Waals surface area contributed by atoms with Crippen LogP contribution in [0.1, 0.15) is 42.4 Å². The van der Waals surface area contributed by atoms with E-state index in [1.165, 1.54) is 25.3 Å². The Kier molecular flexibility index (Phi) is 14.0. The molecule has 0 fully saturated rings. The number of aromatic nitrogens is 1. The number of thiocarbonyl (C=S) groups is 1. The smallest absolute Gasteiger partial charge is 0.175 e. The maximum atomic E-state index is 11.3. The van der Waals surface area contributed by atoms with Crippen LogP contribution in [0.15, 0.2) is 58.3 Å². The summed E-state index contributed by atoms with van der Waals surface area (Å²) in [7, 11) is -6.28. The van der Waals surface area contributed by atoms with Gasteiger partial charge in [-0.2, -0.15) is 0 Å². The molecule has 1 heterocycles. The molecular formula is C25H33BrN2O5S4. The van der Waals surface area contributed by atoms with Crippen LogP contribution in [0.25, 0.3) is 10.4 Å². The third kappa shape index (κ3) is 11.9. The molecule has 0 saturated heterocycles. The number of benzene rings is 2. The summed E-state index contributed by atoms with van der Waals surface area (Å²) in [6.07, 6.45) is 2.36. The van der Waals surface area contributed by atoms with Crippen LogP contribution in [0.4, 0.5) is 0 Å². The molecule has 3 rings (SSSR count). The van der Waals surface area contributed by atoms with Gasteiger partial charge in [-0.1, -0.05) is 59.8 Å². The number of hydrogen-bond acceptors (Lipinski definition) is 8. The van der Waals surface area contributed by atoms with E-state index in [2.05, 4.69) is 33.1 Å². The van der Waals surface area contributed by atoms with E-state index in [1.807, 2.05) is 26.0 Å². The third-order valence-electron chi connectivity index (χ3n) is 4.41. The lowest BCUT2D eigenvalue weighted by Crippen LogP contribution is -2.02. The number of rotatable bonds is 5. The average Bonchev–Trinajstić information content (AvgIpc) is 3.10. The number of halogens is 1. The lowest BCUT2D eigenvalue weighted by Gasteiger charge is -2.06. The zero-order chi connectivity index (χ0) is 27.8. The monoisotopic (exact) mass is 648 g/mol. The molecule has 2 aromatic carbocycles. The number of sulfone groups is 2. The molecule has 204 valence electrons. The number of ketones is 1. The fourth-order valence-electron chi connectivity index (χ4n) is 2.77. The molecule has 0 spiro atoms. The Morgan fingerprint density at radius 3 is 1.59 bits per heavy atom. The van der Waals surface area contributed by atoms with Crippen molar-refractivity contribution in [3.63, 3.8) is 0 Å². The number of alkyl halides is 1. The van der Waals surface area contributed by atoms with Crippen LogP contribution in [0.5, 0.6) is 0 Å². The van der Waals surface area contributed by atoms with Crippen LogP contribution in [0, 0.1) is 13.8 Å². The maximum absolute atomic E-state index is 11.3. The van der Waals surface area contributed by atoms with Gasteiger partial charge in [-0.05, 0) is 63.1 Å². The second-order valence-corrected chi connectivity index (χ2v) is 14.7. The van der Waals surface area contributed by atoms with E-state index in [0.29, 0.717) is 9.88 Å². The quantitative estimate of drug-likeness (QED) is 0.269. The Labute approximate surface area is 238 Å². The number of nitrogens with zero attached hydrogens (tertiary/aromatic N) is 1. The minimum atomic E-state index is -3.17. The van der Waals surface area contributed by atoms with Crippen molar-refractivity contribution in [2.75, 3.05) is 12.5 Å². The maximum Gasteiger partial charge on any atom is 0.175 e. The number of carbonyl (C=O) groups excluding carboxylic acids is 1. The first-order chi connectivity index (χ1) is 16.4. The van der Waals surface area contributed by atoms with E-state index in [9.17, 15) is 21.6 Å². The number of hydrogen-bond donors (Lipinski definition) is 1. The Morgan fingerprint density at radius 1 is 0.919 bits per heavy atom. The zero-order valence-electron chi connectivity index (χ0n) is 20.8. The van der Waals surface area contributed by atoms with Gasteiger partial charge in [0, 0.05) is 12.5 Å². The molecule has 2 N–H and O–H groups in total. The Balaban J connectivity index is 0.000000602. The first-order valence-corrected chi connectivity index (χ1v) is 16.3. The molecule has 0 saturated carbocycles. The third-order valence-corrected chi connectivity index (χ3v) is 8.96. The summed E-state index contributed by atoms with van der Waals surface area (Å²) >= 11 is 9.16. The SMILES string of the molecule is C.CC(=O)C(Br)c1ccc(S(C)(=O)=O)cc1.CC(N)=S.Cc1nc(C)c(-c2ccc(S(C)(=O)=O)cc2)s1. The number of Topliss-reactive ketones (excluding diaryl/α,β-unsaturated/α-hetero) is 1. The zero-order valence-corrected chi connectivity index (χ0v) is 25.6. The van der Waals surface area contributed by atoms with Gasteiger partial charge in [-0.25, -0.2) is 21.8 Å². The molecule has 1 atom stereocenters. The molecule has 0 aliphatic carbocycles. The van der Waals surface area contributed by atoms with Crippen molar-refractivity contribution >= 4 is 69.9 Å². The fourth-order valence-corrected chi connectivity index (χ4v) is 5.26. The van der Waals surface area contributed by atoms with Gasteiger partial charge in [-0.15, -0.1) is 11.3 Å². The normalized spacial score (nSPS) is 11.5. The summed E-state index contributed by atoms with van der Waals surface area (Å²) in [6, 6.07) is 13.2. The van der Waals surface area contributed by atoms with Crippen molar-refractivity contribution in [3.8, 4) is 10.4 Å². The standard InChI is InChI=1S/C12H13NO2S2.C10H11BrO3S.C2H5NS.CH4/c1-8-12(16-9(2)13-8)10-4-6-11(7-5-10)17(3,14)15;1-7(12)10(11)8-3-5-9(6-4-8)15(2,13)14;1-2(3)4;/h4-7H,1-3H3;3-6,10H,1-2H3;1H3,(H2,3,4);1H4. The Hall–Kier alpha value is -1.99. The van der Waals surface area contributed by atoms with Gasteiger partial charge in [0.25, 0.3) is 0 Å². The predicted octanol–water partition coefficient (Wildman–Crippen LogP) is 5.87. The summed E-state index contributed by atoms with van der Waals surface area (Å²) < 4.78 is 45.0. The van der Waals surface area contributed by atoms with Crippen molar-refractivity contribution in [1.82, 2.24) is 4.98 Å². The molecule has 0 amide bonds. The molecule has 0 radical (unpaired) electrons. The van der Waals surface area contributed by atoms with E-state index in [0.717, 1.165) is 33.0 Å². The average molecular weight is 650 g/mol. The summed E-state index contributed by atoms with van der Waals surface area (Å²) in [5.41, 5.74) is 7.60. The number of aryl methyl sites for hydroxylation is 2. The molecule has 7 nitrogen and oxygen atoms in total. The van der Waals surface area contributed by atoms with E-state index < -0.39 is 19.7 Å². The summed E-state index contributed by atoms with van der Waals surface area (Å²) in [4.78, 5) is 17.3. The van der Waals surface area contributed by atoms with Gasteiger partial charge in [0.05, 0.1) is 35.2 Å². The highest BCUT2D eigenvalue weighted by Crippen LogP contribution is 2.30. The topological polar surface area (TPSA) is 124 Å². The Bertz CT molecular complexity index is 1410. The molecule has 1 aromatic heterocycles. The van der Waals surface area contributed by atoms with Gasteiger partial charge >= 0.3 is 0 Å². The van der Waals surface area contributed by atoms with Crippen molar-refractivity contribution in [1.29, 1.82) is 0 Å². The van der Waals surface area contributed by atoms with Crippen molar-refractivity contribution in [3.05, 3.63) is 64.8 Å². The highest BCUT2D eigenvalue weighted by molar-refractivity contribution is 9.09. The lowest BCUT2D eigenvalue weighted by molar-refractivity contribution is -0.116. The van der Waals surface area contributed by atoms with E-state index in [-0.39, 0.29) is 22.9 Å². The van der Waals surface area contributed by atoms with Crippen molar-refractivity contribution < 1.29 is 21.6 Å². The lowest BCUT2D eigenvalue weighted by atomic mass is 10.1. The summed E-state index contributed by atoms with van der Waals surface area (Å²) in [6.45, 7) is 7.08. The minimum absolute atomic E-state index is 0. The molecule has 0 bridgehead atoms. The Morgan fingerprint density at radius 2 is 1.30 bits per heavy atom. The van der Waals surface area contributed by atoms with Gasteiger partial charge < -0.3 is 5.73 Å². The second-order valence-electron chi connectivity index (χ2n) is 7.87.